The van der Waals surface area contributed by atoms with Crippen molar-refractivity contribution in [1.29, 1.82) is 0 Å². The molecule has 6 nitrogen and oxygen atoms in total. The predicted octanol–water partition coefficient (Wildman–Crippen LogP) is 4.44. The lowest BCUT2D eigenvalue weighted by Crippen LogP contribution is -2.17. The molecule has 2 N–H and O–H groups in total. The third-order valence-electron chi connectivity index (χ3n) is 4.21. The number of para-hydroxylation sites is 2. The number of aryl methyl sites for hydroxylation is 1. The average molecular weight is 389 g/mol. The van der Waals surface area contributed by atoms with Crippen LogP contribution in [0.1, 0.15) is 28.8 Å². The van der Waals surface area contributed by atoms with E-state index in [1.54, 1.807) is 42.6 Å². The number of carbonyl (C=O) groups excluding carboxylic acids is 2. The van der Waals surface area contributed by atoms with E-state index >= 15 is 0 Å². The fourth-order valence-electron chi connectivity index (χ4n) is 2.66. The van der Waals surface area contributed by atoms with Crippen LogP contribution in [-0.4, -0.2) is 23.4 Å². The fraction of sp³-hybridized carbons (Fsp3) is 0.174. The van der Waals surface area contributed by atoms with Gasteiger partial charge in [0.15, 0.2) is 0 Å². The number of benzene rings is 2. The molecule has 0 radical (unpaired) electrons. The van der Waals surface area contributed by atoms with Gasteiger partial charge in [0, 0.05) is 18.8 Å². The van der Waals surface area contributed by atoms with Gasteiger partial charge in [-0.15, -0.1) is 0 Å². The Hall–Kier alpha value is -3.67. The Morgan fingerprint density at radius 2 is 1.66 bits per heavy atom. The lowest BCUT2D eigenvalue weighted by molar-refractivity contribution is -0.116. The summed E-state index contributed by atoms with van der Waals surface area (Å²) in [6.07, 6.45) is 4.00. The van der Waals surface area contributed by atoms with Crippen LogP contribution in [0.15, 0.2) is 73.1 Å². The van der Waals surface area contributed by atoms with E-state index in [9.17, 15) is 9.59 Å². The average Bonchev–Trinajstić information content (AvgIpc) is 2.74. The molecule has 29 heavy (non-hydrogen) atoms. The molecule has 0 atom stereocenters. The Bertz CT molecular complexity index is 957. The summed E-state index contributed by atoms with van der Waals surface area (Å²) in [6.45, 7) is 2.47. The van der Waals surface area contributed by atoms with E-state index in [2.05, 4.69) is 15.6 Å². The normalized spacial score (nSPS) is 10.2. The minimum atomic E-state index is -0.286. The second-order valence-corrected chi connectivity index (χ2v) is 6.55. The van der Waals surface area contributed by atoms with E-state index < -0.39 is 0 Å². The van der Waals surface area contributed by atoms with Crippen molar-refractivity contribution in [2.45, 2.75) is 19.8 Å². The zero-order valence-electron chi connectivity index (χ0n) is 16.2. The van der Waals surface area contributed by atoms with Crippen LogP contribution in [-0.2, 0) is 4.79 Å². The highest BCUT2D eigenvalue weighted by atomic mass is 16.5. The number of rotatable bonds is 8. The van der Waals surface area contributed by atoms with E-state index in [4.69, 9.17) is 4.74 Å². The molecule has 2 aromatic carbocycles. The molecule has 0 aliphatic carbocycles. The van der Waals surface area contributed by atoms with Crippen molar-refractivity contribution in [3.05, 3.63) is 84.2 Å². The van der Waals surface area contributed by atoms with Gasteiger partial charge >= 0.3 is 0 Å². The molecule has 3 rings (SSSR count). The number of nitrogens with one attached hydrogen (secondary N) is 2. The largest absolute Gasteiger partial charge is 0.494 e. The van der Waals surface area contributed by atoms with E-state index in [-0.39, 0.29) is 11.8 Å². The Labute approximate surface area is 169 Å². The molecule has 0 aliphatic rings. The number of aromatic nitrogens is 1. The van der Waals surface area contributed by atoms with Gasteiger partial charge < -0.3 is 15.4 Å². The molecule has 148 valence electrons. The monoisotopic (exact) mass is 389 g/mol. The molecule has 2 amide bonds. The van der Waals surface area contributed by atoms with Crippen LogP contribution in [0.4, 0.5) is 11.4 Å². The summed E-state index contributed by atoms with van der Waals surface area (Å²) in [5.41, 5.74) is 2.70. The van der Waals surface area contributed by atoms with Crippen LogP contribution in [0, 0.1) is 6.92 Å². The number of hydrogen-bond acceptors (Lipinski definition) is 4. The third kappa shape index (κ3) is 6.17. The van der Waals surface area contributed by atoms with E-state index in [1.165, 1.54) is 11.8 Å². The standard InChI is InChI=1S/C23H23N3O3/c1-17-10-12-19(13-11-17)29-15-5-9-22(27)25-20-7-2-3-8-21(20)26-23(28)18-6-4-14-24-16-18/h2-4,6-8,10-14,16H,5,9,15H2,1H3,(H,25,27)(H,26,28). The lowest BCUT2D eigenvalue weighted by atomic mass is 10.2. The number of carbonyl (C=O) groups is 2. The van der Waals surface area contributed by atoms with Gasteiger partial charge in [-0.3, -0.25) is 14.6 Å². The van der Waals surface area contributed by atoms with Gasteiger partial charge in [-0.25, -0.2) is 0 Å². The summed E-state index contributed by atoms with van der Waals surface area (Å²) in [7, 11) is 0. The summed E-state index contributed by atoms with van der Waals surface area (Å²) in [4.78, 5) is 28.6. The molecule has 0 unspecified atom stereocenters. The second kappa shape index (κ2) is 10.0. The van der Waals surface area contributed by atoms with Crippen molar-refractivity contribution in [1.82, 2.24) is 4.98 Å². The SMILES string of the molecule is Cc1ccc(OCCCC(=O)Nc2ccccc2NC(=O)c2cccnc2)cc1. The van der Waals surface area contributed by atoms with Crippen LogP contribution in [0.3, 0.4) is 0 Å². The minimum Gasteiger partial charge on any atom is -0.494 e. The van der Waals surface area contributed by atoms with Gasteiger partial charge in [-0.05, 0) is 49.7 Å². The number of amides is 2. The van der Waals surface area contributed by atoms with Gasteiger partial charge in [-0.1, -0.05) is 29.8 Å². The molecule has 0 aliphatic heterocycles. The quantitative estimate of drug-likeness (QED) is 0.558. The smallest absolute Gasteiger partial charge is 0.257 e. The first-order valence-corrected chi connectivity index (χ1v) is 9.41. The topological polar surface area (TPSA) is 80.3 Å². The van der Waals surface area contributed by atoms with Crippen LogP contribution in [0.25, 0.3) is 0 Å². The fourth-order valence-corrected chi connectivity index (χ4v) is 2.66. The predicted molar refractivity (Wildman–Crippen MR) is 113 cm³/mol. The van der Waals surface area contributed by atoms with Gasteiger partial charge in [0.2, 0.25) is 5.91 Å². The third-order valence-corrected chi connectivity index (χ3v) is 4.21. The van der Waals surface area contributed by atoms with Crippen LogP contribution in [0.5, 0.6) is 5.75 Å². The highest BCUT2D eigenvalue weighted by molar-refractivity contribution is 6.07. The molecule has 0 saturated carbocycles. The van der Waals surface area contributed by atoms with Crippen molar-refractivity contribution in [3.63, 3.8) is 0 Å². The highest BCUT2D eigenvalue weighted by Gasteiger charge is 2.11. The number of anilines is 2. The molecule has 0 bridgehead atoms. The van der Waals surface area contributed by atoms with Crippen molar-refractivity contribution in [2.75, 3.05) is 17.2 Å². The summed E-state index contributed by atoms with van der Waals surface area (Å²) >= 11 is 0. The first-order valence-electron chi connectivity index (χ1n) is 9.41. The van der Waals surface area contributed by atoms with E-state index in [1.807, 2.05) is 31.2 Å². The van der Waals surface area contributed by atoms with E-state index in [0.29, 0.717) is 36.4 Å². The second-order valence-electron chi connectivity index (χ2n) is 6.55. The number of nitrogens with zero attached hydrogens (tertiary/aromatic N) is 1. The van der Waals surface area contributed by atoms with Gasteiger partial charge in [0.05, 0.1) is 23.5 Å². The van der Waals surface area contributed by atoms with Crippen LogP contribution in [0.2, 0.25) is 0 Å². The Morgan fingerprint density at radius 1 is 0.931 bits per heavy atom. The molecule has 0 spiro atoms. The van der Waals surface area contributed by atoms with Gasteiger partial charge in [-0.2, -0.15) is 0 Å². The molecule has 0 saturated heterocycles. The van der Waals surface area contributed by atoms with E-state index in [0.717, 1.165) is 5.75 Å². The van der Waals surface area contributed by atoms with Crippen molar-refractivity contribution >= 4 is 23.2 Å². The summed E-state index contributed by atoms with van der Waals surface area (Å²) in [6, 6.07) is 18.3. The highest BCUT2D eigenvalue weighted by Crippen LogP contribution is 2.22. The number of pyridine rings is 1. The summed E-state index contributed by atoms with van der Waals surface area (Å²) < 4.78 is 5.64. The number of ether oxygens (including phenoxy) is 1. The maximum atomic E-state index is 12.3. The first kappa shape index (κ1) is 20.1. The van der Waals surface area contributed by atoms with Crippen LogP contribution >= 0.6 is 0 Å². The molecule has 1 heterocycles. The van der Waals surface area contributed by atoms with Crippen molar-refractivity contribution in [2.24, 2.45) is 0 Å². The Kier molecular flexibility index (Phi) is 6.95. The molecular weight excluding hydrogens is 366 g/mol. The lowest BCUT2D eigenvalue weighted by Gasteiger charge is -2.12. The molecular formula is C23H23N3O3. The molecule has 0 fully saturated rings. The first-order chi connectivity index (χ1) is 14.1. The Morgan fingerprint density at radius 3 is 2.34 bits per heavy atom. The van der Waals surface area contributed by atoms with Crippen LogP contribution < -0.4 is 15.4 Å². The van der Waals surface area contributed by atoms with Gasteiger partial charge in [0.1, 0.15) is 5.75 Å². The molecule has 6 heteroatoms. The Balaban J connectivity index is 1.50. The van der Waals surface area contributed by atoms with Gasteiger partial charge in [0.25, 0.3) is 5.91 Å². The minimum absolute atomic E-state index is 0.138. The van der Waals surface area contributed by atoms with Crippen molar-refractivity contribution in [3.8, 4) is 5.75 Å². The van der Waals surface area contributed by atoms with Crippen molar-refractivity contribution < 1.29 is 14.3 Å². The maximum Gasteiger partial charge on any atom is 0.257 e. The number of hydrogen-bond donors (Lipinski definition) is 2. The zero-order chi connectivity index (χ0) is 20.5. The maximum absolute atomic E-state index is 12.3. The molecule has 1 aromatic heterocycles. The summed E-state index contributed by atoms with van der Waals surface area (Å²) in [5.74, 6) is 0.367. The zero-order valence-corrected chi connectivity index (χ0v) is 16.2. The summed E-state index contributed by atoms with van der Waals surface area (Å²) in [5, 5.41) is 5.66. The molecule has 3 aromatic rings.